The number of aliphatic hydroxyl groups is 4. The minimum atomic E-state index is -1.78. The number of ketones is 1. The molecule has 6 N–H and O–H groups in total. The Kier molecular flexibility index (Phi) is 9.32. The van der Waals surface area contributed by atoms with E-state index >= 15 is 0 Å². The van der Waals surface area contributed by atoms with Crippen molar-refractivity contribution in [2.24, 2.45) is 0 Å². The molecule has 0 bridgehead atoms. The number of hydrogen-bond acceptors (Lipinski definition) is 9. The second kappa shape index (κ2) is 13.4. The Morgan fingerprint density at radius 3 is 2.21 bits per heavy atom. The van der Waals surface area contributed by atoms with Gasteiger partial charge in [-0.25, -0.2) is 4.79 Å². The number of carbonyl (C=O) groups is 2. The van der Waals surface area contributed by atoms with Crippen molar-refractivity contribution in [2.45, 2.75) is 75.1 Å². The number of ether oxygens (including phenoxy) is 2. The third-order valence-corrected chi connectivity index (χ3v) is 9.49. The summed E-state index contributed by atoms with van der Waals surface area (Å²) in [6.45, 7) is 0.976. The molecule has 6 rings (SSSR count). The molecule has 1 aliphatic carbocycles. The van der Waals surface area contributed by atoms with Crippen LogP contribution in [0.1, 0.15) is 74.1 Å². The number of hydrogen-bond donors (Lipinski definition) is 6. The van der Waals surface area contributed by atoms with Crippen LogP contribution in [0, 0.1) is 6.92 Å². The molecule has 1 aliphatic heterocycles. The Morgan fingerprint density at radius 2 is 1.53 bits per heavy atom. The monoisotopic (exact) mass is 642 g/mol. The minimum absolute atomic E-state index is 0.0212. The quantitative estimate of drug-likeness (QED) is 0.145. The van der Waals surface area contributed by atoms with Crippen molar-refractivity contribution in [1.82, 2.24) is 0 Å². The lowest BCUT2D eigenvalue weighted by Crippen LogP contribution is -2.60. The number of rotatable bonds is 9. The number of phenolic OH excluding ortho intramolecular Hbond substituents is 1. The van der Waals surface area contributed by atoms with Crippen LogP contribution in [0.25, 0.3) is 10.8 Å². The Hall–Kier alpha value is -4.32. The highest BCUT2D eigenvalue weighted by molar-refractivity contribution is 6.09. The number of carbonyl (C=O) groups excluding carboxylic acids is 1. The van der Waals surface area contributed by atoms with Gasteiger partial charge in [-0.05, 0) is 77.8 Å². The lowest BCUT2D eigenvalue weighted by molar-refractivity contribution is -0.277. The number of aliphatic hydroxyl groups excluding tert-OH is 4. The molecule has 47 heavy (non-hydrogen) atoms. The van der Waals surface area contributed by atoms with Gasteiger partial charge in [-0.15, -0.1) is 0 Å². The first-order chi connectivity index (χ1) is 22.6. The van der Waals surface area contributed by atoms with E-state index in [1.165, 1.54) is 17.2 Å². The van der Waals surface area contributed by atoms with Crippen molar-refractivity contribution in [3.8, 4) is 11.5 Å². The molecule has 4 aromatic rings. The fraction of sp³-hybridized carbons (Fsp3) is 0.351. The van der Waals surface area contributed by atoms with Gasteiger partial charge in [0, 0.05) is 6.42 Å². The predicted molar refractivity (Wildman–Crippen MR) is 172 cm³/mol. The third kappa shape index (κ3) is 6.35. The maximum Gasteiger partial charge on any atom is 0.335 e. The number of benzene rings is 4. The highest BCUT2D eigenvalue weighted by Gasteiger charge is 2.45. The molecule has 0 spiro atoms. The predicted octanol–water partition coefficient (Wildman–Crippen LogP) is 4.21. The number of carboxylic acids is 1. The summed E-state index contributed by atoms with van der Waals surface area (Å²) in [5, 5.41) is 62.3. The largest absolute Gasteiger partial charge is 0.506 e. The molecular weight excluding hydrogens is 604 g/mol. The van der Waals surface area contributed by atoms with Gasteiger partial charge in [-0.1, -0.05) is 60.7 Å². The standard InChI is InChI=1S/C37H38O10/c1-19-13-23-15-24(36(44)45)17-28(46-37-35(43)34(42)32(40)29(18-38)47-37)31(23)33(41)30(19)27(39)16-22-12-11-21(14-20-7-3-2-4-8-20)25-9-5-6-10-26(22)25/h2-10,13,15,17,21-22,29,32,34-35,37-38,40-43H,11-12,14,16,18H2,1H3,(H,44,45)/t21-,22-,29+,32+,34-,35+,37+/m0/s1. The van der Waals surface area contributed by atoms with Crippen LogP contribution in [-0.4, -0.2) is 79.7 Å². The first kappa shape index (κ1) is 32.6. The maximum atomic E-state index is 14.0. The Bertz CT molecular complexity index is 1790. The van der Waals surface area contributed by atoms with Crippen LogP contribution in [-0.2, 0) is 11.2 Å². The second-order valence-corrected chi connectivity index (χ2v) is 12.5. The lowest BCUT2D eigenvalue weighted by atomic mass is 9.72. The highest BCUT2D eigenvalue weighted by Crippen LogP contribution is 2.45. The highest BCUT2D eigenvalue weighted by atomic mass is 16.7. The van der Waals surface area contributed by atoms with Gasteiger partial charge in [0.25, 0.3) is 0 Å². The molecule has 0 amide bonds. The van der Waals surface area contributed by atoms with Crippen molar-refractivity contribution in [3.05, 3.63) is 106 Å². The number of carboxylic acid groups (broad SMARTS) is 1. The number of aryl methyl sites for hydroxylation is 1. The van der Waals surface area contributed by atoms with Crippen LogP contribution in [0.15, 0.2) is 72.8 Å². The normalized spacial score (nSPS) is 25.7. The van der Waals surface area contributed by atoms with Crippen molar-refractivity contribution in [1.29, 1.82) is 0 Å². The van der Waals surface area contributed by atoms with E-state index < -0.39 is 49.0 Å². The molecular formula is C37H38O10. The van der Waals surface area contributed by atoms with E-state index in [1.807, 2.05) is 30.3 Å². The summed E-state index contributed by atoms with van der Waals surface area (Å²) >= 11 is 0. The van der Waals surface area contributed by atoms with Gasteiger partial charge in [0.15, 0.2) is 5.78 Å². The molecule has 1 fully saturated rings. The number of phenols is 1. The fourth-order valence-corrected chi connectivity index (χ4v) is 7.10. The molecule has 7 atom stereocenters. The number of aromatic carboxylic acids is 1. The molecule has 246 valence electrons. The summed E-state index contributed by atoms with van der Waals surface area (Å²) in [5.74, 6) is -1.95. The summed E-state index contributed by atoms with van der Waals surface area (Å²) in [7, 11) is 0. The zero-order valence-corrected chi connectivity index (χ0v) is 25.8. The first-order valence-electron chi connectivity index (χ1n) is 15.7. The SMILES string of the molecule is Cc1cc2cc(C(=O)O)cc(O[C@@H]3O[C@H](CO)[C@@H](O)[C@H](O)[C@H]3O)c2c(O)c1C(=O)C[C@@H]1CC[C@@H](Cc2ccccc2)c2ccccc21. The van der Waals surface area contributed by atoms with Crippen LogP contribution in [0.2, 0.25) is 0 Å². The Labute approximate surface area is 271 Å². The molecule has 4 aromatic carbocycles. The van der Waals surface area contributed by atoms with Crippen molar-refractivity contribution < 1.29 is 49.7 Å². The van der Waals surface area contributed by atoms with Gasteiger partial charge in [-0.3, -0.25) is 4.79 Å². The van der Waals surface area contributed by atoms with E-state index in [0.717, 1.165) is 30.9 Å². The molecule has 10 heteroatoms. The van der Waals surface area contributed by atoms with E-state index in [2.05, 4.69) is 24.3 Å². The smallest absolute Gasteiger partial charge is 0.335 e. The van der Waals surface area contributed by atoms with E-state index in [0.29, 0.717) is 11.5 Å². The van der Waals surface area contributed by atoms with Crippen LogP contribution >= 0.6 is 0 Å². The van der Waals surface area contributed by atoms with Gasteiger partial charge in [0.1, 0.15) is 35.9 Å². The van der Waals surface area contributed by atoms with Gasteiger partial charge >= 0.3 is 5.97 Å². The van der Waals surface area contributed by atoms with Crippen molar-refractivity contribution in [2.75, 3.05) is 6.61 Å². The summed E-state index contributed by atoms with van der Waals surface area (Å²) in [6, 6.07) is 22.6. The molecule has 10 nitrogen and oxygen atoms in total. The van der Waals surface area contributed by atoms with Gasteiger partial charge < -0.3 is 40.1 Å². The zero-order valence-electron chi connectivity index (χ0n) is 25.8. The number of Topliss-reactive ketones (excluding diaryl/α,β-unsaturated/α-hetero) is 1. The Balaban J connectivity index is 1.33. The summed E-state index contributed by atoms with van der Waals surface area (Å²) in [6.07, 6.45) is -5.31. The maximum absolute atomic E-state index is 14.0. The first-order valence-corrected chi connectivity index (χ1v) is 15.7. The zero-order chi connectivity index (χ0) is 33.4. The van der Waals surface area contributed by atoms with Gasteiger partial charge in [0.2, 0.25) is 6.29 Å². The van der Waals surface area contributed by atoms with Gasteiger partial charge in [0.05, 0.1) is 23.1 Å². The van der Waals surface area contributed by atoms with E-state index in [-0.39, 0.29) is 45.8 Å². The molecule has 2 aliphatic rings. The van der Waals surface area contributed by atoms with Gasteiger partial charge in [-0.2, -0.15) is 0 Å². The molecule has 0 unspecified atom stereocenters. The lowest BCUT2D eigenvalue weighted by Gasteiger charge is -2.39. The molecule has 0 aromatic heterocycles. The van der Waals surface area contributed by atoms with Crippen LogP contribution in [0.4, 0.5) is 0 Å². The molecule has 1 saturated heterocycles. The van der Waals surface area contributed by atoms with E-state index in [4.69, 9.17) is 9.47 Å². The second-order valence-electron chi connectivity index (χ2n) is 12.5. The van der Waals surface area contributed by atoms with Crippen molar-refractivity contribution in [3.63, 3.8) is 0 Å². The summed E-state index contributed by atoms with van der Waals surface area (Å²) in [4.78, 5) is 26.0. The number of fused-ring (bicyclic) bond motifs is 2. The molecule has 1 heterocycles. The molecule has 0 saturated carbocycles. The summed E-state index contributed by atoms with van der Waals surface area (Å²) < 4.78 is 11.3. The average Bonchev–Trinajstić information content (AvgIpc) is 3.06. The Morgan fingerprint density at radius 1 is 0.872 bits per heavy atom. The van der Waals surface area contributed by atoms with Crippen LogP contribution < -0.4 is 4.74 Å². The minimum Gasteiger partial charge on any atom is -0.506 e. The topological polar surface area (TPSA) is 174 Å². The van der Waals surface area contributed by atoms with Crippen LogP contribution in [0.5, 0.6) is 11.5 Å². The third-order valence-electron chi connectivity index (χ3n) is 9.49. The van der Waals surface area contributed by atoms with E-state index in [9.17, 15) is 40.2 Å². The number of aromatic hydroxyl groups is 1. The van der Waals surface area contributed by atoms with Crippen LogP contribution in [0.3, 0.4) is 0 Å². The fourth-order valence-electron chi connectivity index (χ4n) is 7.10. The van der Waals surface area contributed by atoms with Crippen molar-refractivity contribution >= 4 is 22.5 Å². The van der Waals surface area contributed by atoms with E-state index in [1.54, 1.807) is 13.0 Å². The molecule has 0 radical (unpaired) electrons. The average molecular weight is 643 g/mol. The summed E-state index contributed by atoms with van der Waals surface area (Å²) in [5.41, 5.74) is 3.92.